The minimum Gasteiger partial charge on any atom is -0.508 e. The van der Waals surface area contributed by atoms with E-state index in [9.17, 15) is 10.2 Å². The second kappa shape index (κ2) is 5.06. The van der Waals surface area contributed by atoms with E-state index in [1.807, 2.05) is 18.2 Å². The van der Waals surface area contributed by atoms with Gasteiger partial charge in [-0.2, -0.15) is 0 Å². The molecule has 3 N–H and O–H groups in total. The van der Waals surface area contributed by atoms with Gasteiger partial charge in [0.05, 0.1) is 13.2 Å². The quantitative estimate of drug-likeness (QED) is 0.784. The molecule has 0 aliphatic carbocycles. The Hall–Kier alpha value is -2.20. The van der Waals surface area contributed by atoms with Crippen LogP contribution in [0.25, 0.3) is 0 Å². The molecule has 0 aromatic heterocycles. The Morgan fingerprint density at radius 2 is 1.85 bits per heavy atom. The molecule has 104 valence electrons. The van der Waals surface area contributed by atoms with Crippen molar-refractivity contribution in [1.29, 1.82) is 0 Å². The molecule has 2 aromatic rings. The van der Waals surface area contributed by atoms with Crippen molar-refractivity contribution in [2.45, 2.75) is 12.5 Å². The molecule has 0 unspecified atom stereocenters. The van der Waals surface area contributed by atoms with Crippen LogP contribution >= 0.6 is 0 Å². The lowest BCUT2D eigenvalue weighted by atomic mass is 9.89. The Morgan fingerprint density at radius 3 is 2.55 bits per heavy atom. The number of hydrogen-bond acceptors (Lipinski definition) is 4. The first kappa shape index (κ1) is 12.8. The van der Waals surface area contributed by atoms with Crippen molar-refractivity contribution < 1.29 is 14.9 Å². The predicted molar refractivity (Wildman–Crippen MR) is 76.3 cm³/mol. The molecule has 1 atom stereocenters. The first-order valence-electron chi connectivity index (χ1n) is 6.61. The number of nitrogens with one attached hydrogen (secondary N) is 1. The number of aromatic hydroxyl groups is 2. The van der Waals surface area contributed by atoms with Crippen LogP contribution in [0.3, 0.4) is 0 Å². The highest BCUT2D eigenvalue weighted by Gasteiger charge is 2.26. The summed E-state index contributed by atoms with van der Waals surface area (Å²) in [6.45, 7) is 0.851. The van der Waals surface area contributed by atoms with Gasteiger partial charge in [0.1, 0.15) is 5.75 Å². The topological polar surface area (TPSA) is 61.7 Å². The highest BCUT2D eigenvalue weighted by atomic mass is 16.5. The van der Waals surface area contributed by atoms with Crippen molar-refractivity contribution in [1.82, 2.24) is 5.32 Å². The van der Waals surface area contributed by atoms with Crippen LogP contribution in [0.15, 0.2) is 36.4 Å². The van der Waals surface area contributed by atoms with E-state index in [0.29, 0.717) is 5.75 Å². The van der Waals surface area contributed by atoms with E-state index in [1.54, 1.807) is 25.3 Å². The largest absolute Gasteiger partial charge is 0.508 e. The maximum absolute atomic E-state index is 10.4. The molecule has 2 aromatic carbocycles. The molecule has 0 amide bonds. The molecule has 0 saturated carbocycles. The highest BCUT2D eigenvalue weighted by Crippen LogP contribution is 2.40. The Labute approximate surface area is 117 Å². The van der Waals surface area contributed by atoms with Gasteiger partial charge in [-0.25, -0.2) is 0 Å². The third kappa shape index (κ3) is 2.08. The lowest BCUT2D eigenvalue weighted by Crippen LogP contribution is -2.30. The third-order valence-corrected chi connectivity index (χ3v) is 3.75. The van der Waals surface area contributed by atoms with Crippen molar-refractivity contribution in [3.05, 3.63) is 53.1 Å². The predicted octanol–water partition coefficient (Wildman–Crippen LogP) is 2.34. The van der Waals surface area contributed by atoms with E-state index in [-0.39, 0.29) is 17.5 Å². The van der Waals surface area contributed by atoms with Crippen molar-refractivity contribution >= 4 is 0 Å². The Bertz CT molecular complexity index is 622. The summed E-state index contributed by atoms with van der Waals surface area (Å²) in [7, 11) is 1.55. The van der Waals surface area contributed by atoms with Gasteiger partial charge in [-0.05, 0) is 35.7 Å². The molecule has 0 radical (unpaired) electrons. The lowest BCUT2D eigenvalue weighted by Gasteiger charge is -2.28. The van der Waals surface area contributed by atoms with Gasteiger partial charge in [0.25, 0.3) is 0 Å². The smallest absolute Gasteiger partial charge is 0.163 e. The Balaban J connectivity index is 2.11. The van der Waals surface area contributed by atoms with Crippen LogP contribution in [0.4, 0.5) is 0 Å². The normalized spacial score (nSPS) is 17.6. The summed E-state index contributed by atoms with van der Waals surface area (Å²) in [5.41, 5.74) is 2.99. The number of phenolic OH excluding ortho intramolecular Hbond substituents is 2. The SMILES string of the molecule is COc1ccc2c(c1O)[C@@H](c1ccc(O)cc1)NCC2. The van der Waals surface area contributed by atoms with E-state index in [0.717, 1.165) is 29.7 Å². The van der Waals surface area contributed by atoms with E-state index >= 15 is 0 Å². The summed E-state index contributed by atoms with van der Waals surface area (Å²) in [5.74, 6) is 0.908. The average Bonchev–Trinajstić information content (AvgIpc) is 2.48. The second-order valence-corrected chi connectivity index (χ2v) is 4.92. The van der Waals surface area contributed by atoms with Crippen molar-refractivity contribution in [2.75, 3.05) is 13.7 Å². The first-order chi connectivity index (χ1) is 9.70. The Morgan fingerprint density at radius 1 is 1.10 bits per heavy atom. The van der Waals surface area contributed by atoms with Gasteiger partial charge in [0, 0.05) is 12.1 Å². The molecule has 0 fully saturated rings. The van der Waals surface area contributed by atoms with Crippen LogP contribution in [0.2, 0.25) is 0 Å². The number of benzene rings is 2. The van der Waals surface area contributed by atoms with Gasteiger partial charge in [-0.1, -0.05) is 18.2 Å². The number of hydrogen-bond donors (Lipinski definition) is 3. The summed E-state index contributed by atoms with van der Waals surface area (Å²) < 4.78 is 5.20. The standard InChI is InChI=1S/C16H17NO3/c1-20-13-7-4-10-8-9-17-15(14(10)16(13)19)11-2-5-12(18)6-3-11/h2-7,15,17-19H,8-9H2,1H3/t15-/m1/s1. The van der Waals surface area contributed by atoms with E-state index < -0.39 is 0 Å². The summed E-state index contributed by atoms with van der Waals surface area (Å²) in [6, 6.07) is 10.7. The summed E-state index contributed by atoms with van der Waals surface area (Å²) in [4.78, 5) is 0. The molecule has 20 heavy (non-hydrogen) atoms. The van der Waals surface area contributed by atoms with Gasteiger partial charge in [0.15, 0.2) is 11.5 Å². The first-order valence-corrected chi connectivity index (χ1v) is 6.61. The fourth-order valence-corrected chi connectivity index (χ4v) is 2.74. The molecule has 0 saturated heterocycles. The van der Waals surface area contributed by atoms with Crippen molar-refractivity contribution in [3.63, 3.8) is 0 Å². The van der Waals surface area contributed by atoms with E-state index in [1.165, 1.54) is 0 Å². The highest BCUT2D eigenvalue weighted by molar-refractivity contribution is 5.55. The summed E-state index contributed by atoms with van der Waals surface area (Å²) in [5, 5.41) is 23.2. The molecule has 1 aliphatic rings. The maximum Gasteiger partial charge on any atom is 0.163 e. The molecule has 1 heterocycles. The van der Waals surface area contributed by atoms with Gasteiger partial charge in [0.2, 0.25) is 0 Å². The van der Waals surface area contributed by atoms with Crippen LogP contribution < -0.4 is 10.1 Å². The summed E-state index contributed by atoms with van der Waals surface area (Å²) in [6.07, 6.45) is 0.876. The monoisotopic (exact) mass is 271 g/mol. The molecule has 0 spiro atoms. The molecule has 3 rings (SSSR count). The number of fused-ring (bicyclic) bond motifs is 1. The lowest BCUT2D eigenvalue weighted by molar-refractivity contribution is 0.365. The molecule has 1 aliphatic heterocycles. The second-order valence-electron chi connectivity index (χ2n) is 4.92. The Kier molecular flexibility index (Phi) is 3.24. The van der Waals surface area contributed by atoms with E-state index in [2.05, 4.69) is 5.32 Å². The van der Waals surface area contributed by atoms with Crippen LogP contribution in [-0.2, 0) is 6.42 Å². The van der Waals surface area contributed by atoms with E-state index in [4.69, 9.17) is 4.74 Å². The molecule has 4 heteroatoms. The van der Waals surface area contributed by atoms with Gasteiger partial charge in [-0.3, -0.25) is 0 Å². The van der Waals surface area contributed by atoms with Crippen LogP contribution in [0.5, 0.6) is 17.2 Å². The molecular weight excluding hydrogens is 254 g/mol. The van der Waals surface area contributed by atoms with Gasteiger partial charge >= 0.3 is 0 Å². The van der Waals surface area contributed by atoms with Crippen LogP contribution in [-0.4, -0.2) is 23.9 Å². The number of methoxy groups -OCH3 is 1. The van der Waals surface area contributed by atoms with Crippen LogP contribution in [0.1, 0.15) is 22.7 Å². The molecular formula is C16H17NO3. The number of rotatable bonds is 2. The fourth-order valence-electron chi connectivity index (χ4n) is 2.74. The number of phenols is 2. The van der Waals surface area contributed by atoms with Crippen LogP contribution in [0, 0.1) is 0 Å². The minimum atomic E-state index is -0.0885. The zero-order valence-corrected chi connectivity index (χ0v) is 11.3. The minimum absolute atomic E-state index is 0.0885. The third-order valence-electron chi connectivity index (χ3n) is 3.75. The van der Waals surface area contributed by atoms with Crippen molar-refractivity contribution in [3.8, 4) is 17.2 Å². The zero-order valence-electron chi connectivity index (χ0n) is 11.3. The summed E-state index contributed by atoms with van der Waals surface area (Å²) >= 11 is 0. The fraction of sp³-hybridized carbons (Fsp3) is 0.250. The zero-order chi connectivity index (χ0) is 14.1. The average molecular weight is 271 g/mol. The van der Waals surface area contributed by atoms with Gasteiger partial charge < -0.3 is 20.3 Å². The van der Waals surface area contributed by atoms with Gasteiger partial charge in [-0.15, -0.1) is 0 Å². The maximum atomic E-state index is 10.4. The molecule has 0 bridgehead atoms. The number of ether oxygens (including phenoxy) is 1. The molecule has 4 nitrogen and oxygen atoms in total. The van der Waals surface area contributed by atoms with Crippen molar-refractivity contribution in [2.24, 2.45) is 0 Å².